The van der Waals surface area contributed by atoms with Crippen LogP contribution < -0.4 is 10.1 Å². The van der Waals surface area contributed by atoms with Gasteiger partial charge in [0, 0.05) is 17.3 Å². The van der Waals surface area contributed by atoms with Crippen LogP contribution in [-0.4, -0.2) is 10.5 Å². The van der Waals surface area contributed by atoms with Crippen molar-refractivity contribution in [2.75, 3.05) is 5.32 Å². The first-order chi connectivity index (χ1) is 14.1. The van der Waals surface area contributed by atoms with Crippen LogP contribution in [-0.2, 0) is 17.9 Å². The first-order valence-electron chi connectivity index (χ1n) is 9.09. The Labute approximate surface area is 178 Å². The molecule has 0 spiro atoms. The van der Waals surface area contributed by atoms with Gasteiger partial charge in [0.05, 0.1) is 15.6 Å². The molecule has 0 saturated carbocycles. The van der Waals surface area contributed by atoms with Crippen LogP contribution in [0.15, 0.2) is 79.0 Å². The molecule has 4 rings (SSSR count). The molecule has 29 heavy (non-hydrogen) atoms. The van der Waals surface area contributed by atoms with Crippen LogP contribution in [0.3, 0.4) is 0 Å². The minimum absolute atomic E-state index is 0.156. The SMILES string of the molecule is O=C(Cn1ccc2c(OCc3ccccc3)cccc21)Nc1ccc(Cl)c(Cl)c1. The third-order valence-corrected chi connectivity index (χ3v) is 5.27. The van der Waals surface area contributed by atoms with E-state index in [1.54, 1.807) is 18.2 Å². The van der Waals surface area contributed by atoms with Crippen molar-refractivity contribution in [3.63, 3.8) is 0 Å². The maximum atomic E-state index is 12.5. The number of halogens is 2. The summed E-state index contributed by atoms with van der Waals surface area (Å²) >= 11 is 11.9. The lowest BCUT2D eigenvalue weighted by Gasteiger charge is -2.10. The molecule has 0 fully saturated rings. The molecular weight excluding hydrogens is 407 g/mol. The van der Waals surface area contributed by atoms with E-state index in [0.29, 0.717) is 22.3 Å². The highest BCUT2D eigenvalue weighted by Gasteiger charge is 2.11. The Morgan fingerprint density at radius 2 is 1.76 bits per heavy atom. The molecule has 0 unspecified atom stereocenters. The van der Waals surface area contributed by atoms with E-state index in [1.165, 1.54) is 0 Å². The normalized spacial score (nSPS) is 10.8. The number of hydrogen-bond acceptors (Lipinski definition) is 2. The summed E-state index contributed by atoms with van der Waals surface area (Å²) in [7, 11) is 0. The van der Waals surface area contributed by atoms with E-state index in [-0.39, 0.29) is 12.5 Å². The number of benzene rings is 3. The fourth-order valence-electron chi connectivity index (χ4n) is 3.12. The summed E-state index contributed by atoms with van der Waals surface area (Å²) in [6.07, 6.45) is 1.88. The molecule has 3 aromatic carbocycles. The van der Waals surface area contributed by atoms with Gasteiger partial charge < -0.3 is 14.6 Å². The lowest BCUT2D eigenvalue weighted by atomic mass is 10.2. The Morgan fingerprint density at radius 3 is 2.55 bits per heavy atom. The Morgan fingerprint density at radius 1 is 0.931 bits per heavy atom. The fraction of sp³-hybridized carbons (Fsp3) is 0.0870. The van der Waals surface area contributed by atoms with Crippen molar-refractivity contribution in [1.29, 1.82) is 0 Å². The maximum Gasteiger partial charge on any atom is 0.244 e. The van der Waals surface area contributed by atoms with Gasteiger partial charge in [-0.1, -0.05) is 59.6 Å². The Hall–Kier alpha value is -2.95. The van der Waals surface area contributed by atoms with Crippen LogP contribution in [0.4, 0.5) is 5.69 Å². The smallest absolute Gasteiger partial charge is 0.244 e. The van der Waals surface area contributed by atoms with Gasteiger partial charge in [-0.3, -0.25) is 4.79 Å². The van der Waals surface area contributed by atoms with E-state index < -0.39 is 0 Å². The van der Waals surface area contributed by atoms with E-state index in [9.17, 15) is 4.79 Å². The van der Waals surface area contributed by atoms with Gasteiger partial charge in [0.1, 0.15) is 18.9 Å². The third kappa shape index (κ3) is 4.56. The van der Waals surface area contributed by atoms with E-state index >= 15 is 0 Å². The van der Waals surface area contributed by atoms with Crippen molar-refractivity contribution in [1.82, 2.24) is 4.57 Å². The van der Waals surface area contributed by atoms with Gasteiger partial charge in [0.15, 0.2) is 0 Å². The second kappa shape index (κ2) is 8.60. The molecule has 4 nitrogen and oxygen atoms in total. The van der Waals surface area contributed by atoms with Gasteiger partial charge in [0.2, 0.25) is 5.91 Å². The molecule has 6 heteroatoms. The Bertz CT molecular complexity index is 1160. The highest BCUT2D eigenvalue weighted by molar-refractivity contribution is 6.42. The summed E-state index contributed by atoms with van der Waals surface area (Å²) in [6.45, 7) is 0.662. The highest BCUT2D eigenvalue weighted by Crippen LogP contribution is 2.28. The molecule has 4 aromatic rings. The third-order valence-electron chi connectivity index (χ3n) is 4.53. The molecule has 0 bridgehead atoms. The summed E-state index contributed by atoms with van der Waals surface area (Å²) in [5, 5.41) is 4.65. The molecular formula is C23H18Cl2N2O2. The molecule has 0 aliphatic heterocycles. The van der Waals surface area contributed by atoms with Crippen molar-refractivity contribution >= 4 is 45.7 Å². The zero-order chi connectivity index (χ0) is 20.2. The number of rotatable bonds is 6. The zero-order valence-corrected chi connectivity index (χ0v) is 17.0. The van der Waals surface area contributed by atoms with Gasteiger partial charge >= 0.3 is 0 Å². The number of anilines is 1. The highest BCUT2D eigenvalue weighted by atomic mass is 35.5. The van der Waals surface area contributed by atoms with Gasteiger partial charge in [-0.05, 0) is 42.0 Å². The second-order valence-electron chi connectivity index (χ2n) is 6.58. The van der Waals surface area contributed by atoms with Crippen molar-refractivity contribution < 1.29 is 9.53 Å². The predicted molar refractivity (Wildman–Crippen MR) is 118 cm³/mol. The van der Waals surface area contributed by atoms with E-state index in [2.05, 4.69) is 5.32 Å². The Balaban J connectivity index is 1.48. The largest absolute Gasteiger partial charge is 0.488 e. The van der Waals surface area contributed by atoms with E-state index in [4.69, 9.17) is 27.9 Å². The lowest BCUT2D eigenvalue weighted by molar-refractivity contribution is -0.116. The van der Waals surface area contributed by atoms with Crippen molar-refractivity contribution in [2.24, 2.45) is 0 Å². The van der Waals surface area contributed by atoms with Crippen molar-refractivity contribution in [3.05, 3.63) is 94.6 Å². The van der Waals surface area contributed by atoms with Gasteiger partial charge in [-0.2, -0.15) is 0 Å². The molecule has 0 aliphatic carbocycles. The van der Waals surface area contributed by atoms with E-state index in [1.807, 2.05) is 65.4 Å². The molecule has 0 atom stereocenters. The lowest BCUT2D eigenvalue weighted by Crippen LogP contribution is -2.18. The number of ether oxygens (including phenoxy) is 1. The number of hydrogen-bond donors (Lipinski definition) is 1. The number of carbonyl (C=O) groups excluding carboxylic acids is 1. The number of aromatic nitrogens is 1. The molecule has 1 heterocycles. The first kappa shape index (κ1) is 19.4. The monoisotopic (exact) mass is 424 g/mol. The Kier molecular flexibility index (Phi) is 5.74. The number of fused-ring (bicyclic) bond motifs is 1. The van der Waals surface area contributed by atoms with Crippen LogP contribution in [0.2, 0.25) is 10.0 Å². The molecule has 1 N–H and O–H groups in total. The van der Waals surface area contributed by atoms with Crippen LogP contribution in [0, 0.1) is 0 Å². The summed E-state index contributed by atoms with van der Waals surface area (Å²) in [5.41, 5.74) is 2.64. The maximum absolute atomic E-state index is 12.5. The minimum atomic E-state index is -0.156. The van der Waals surface area contributed by atoms with Crippen LogP contribution in [0.5, 0.6) is 5.75 Å². The fourth-order valence-corrected chi connectivity index (χ4v) is 3.42. The van der Waals surface area contributed by atoms with Crippen molar-refractivity contribution in [3.8, 4) is 5.75 Å². The van der Waals surface area contributed by atoms with Crippen molar-refractivity contribution in [2.45, 2.75) is 13.2 Å². The molecule has 1 amide bonds. The average molecular weight is 425 g/mol. The first-order valence-corrected chi connectivity index (χ1v) is 9.85. The van der Waals surface area contributed by atoms with E-state index in [0.717, 1.165) is 22.2 Å². The molecule has 1 aromatic heterocycles. The zero-order valence-electron chi connectivity index (χ0n) is 15.4. The summed E-state index contributed by atoms with van der Waals surface area (Å²) in [5.74, 6) is 0.631. The van der Waals surface area contributed by atoms with Crippen LogP contribution in [0.1, 0.15) is 5.56 Å². The molecule has 0 saturated heterocycles. The average Bonchev–Trinajstić information content (AvgIpc) is 3.13. The number of nitrogens with one attached hydrogen (secondary N) is 1. The minimum Gasteiger partial charge on any atom is -0.488 e. The molecule has 0 radical (unpaired) electrons. The standard InChI is InChI=1S/C23H18Cl2N2O2/c24-19-10-9-17(13-20(19)25)26-23(28)14-27-12-11-18-21(27)7-4-8-22(18)29-15-16-5-2-1-3-6-16/h1-13H,14-15H2,(H,26,28). The molecule has 146 valence electrons. The van der Waals surface area contributed by atoms with Gasteiger partial charge in [-0.25, -0.2) is 0 Å². The summed E-state index contributed by atoms with van der Waals surface area (Å²) in [6, 6.07) is 22.8. The summed E-state index contributed by atoms with van der Waals surface area (Å²) in [4.78, 5) is 12.5. The quantitative estimate of drug-likeness (QED) is 0.402. The van der Waals surface area contributed by atoms with Gasteiger partial charge in [-0.15, -0.1) is 0 Å². The number of carbonyl (C=O) groups is 1. The van der Waals surface area contributed by atoms with Crippen LogP contribution >= 0.6 is 23.2 Å². The topological polar surface area (TPSA) is 43.3 Å². The number of nitrogens with zero attached hydrogens (tertiary/aromatic N) is 1. The molecule has 0 aliphatic rings. The second-order valence-corrected chi connectivity index (χ2v) is 7.40. The van der Waals surface area contributed by atoms with Gasteiger partial charge in [0.25, 0.3) is 0 Å². The predicted octanol–water partition coefficient (Wildman–Crippen LogP) is 6.17. The summed E-state index contributed by atoms with van der Waals surface area (Å²) < 4.78 is 7.89. The number of amides is 1. The van der Waals surface area contributed by atoms with Crippen LogP contribution in [0.25, 0.3) is 10.9 Å².